The van der Waals surface area contributed by atoms with Crippen LogP contribution >= 0.6 is 0 Å². The van der Waals surface area contributed by atoms with Crippen molar-refractivity contribution < 1.29 is 8.78 Å². The summed E-state index contributed by atoms with van der Waals surface area (Å²) >= 11 is 0. The SMILES string of the molecule is N#C/C(C(=N)N)=C(/N)C(F)F. The number of nitrogens with zero attached hydrogens (tertiary/aromatic N) is 1. The van der Waals surface area contributed by atoms with Gasteiger partial charge in [0.15, 0.2) is 0 Å². The van der Waals surface area contributed by atoms with E-state index in [4.69, 9.17) is 22.1 Å². The molecule has 0 aliphatic carbocycles. The van der Waals surface area contributed by atoms with Gasteiger partial charge in [-0.1, -0.05) is 0 Å². The lowest BCUT2D eigenvalue weighted by Crippen LogP contribution is -2.20. The number of halogens is 2. The average Bonchev–Trinajstić information content (AvgIpc) is 1.88. The summed E-state index contributed by atoms with van der Waals surface area (Å²) in [6, 6.07) is 1.31. The number of rotatable bonds is 2. The lowest BCUT2D eigenvalue weighted by molar-refractivity contribution is 0.187. The molecule has 0 saturated carbocycles. The molecule has 0 heterocycles. The summed E-state index contributed by atoms with van der Waals surface area (Å²) in [6.07, 6.45) is -2.95. The van der Waals surface area contributed by atoms with E-state index in [1.54, 1.807) is 0 Å². The molecule has 0 fully saturated rings. The molecule has 4 nitrogen and oxygen atoms in total. The summed E-state index contributed by atoms with van der Waals surface area (Å²) in [7, 11) is 0. The van der Waals surface area contributed by atoms with E-state index in [2.05, 4.69) is 0 Å². The molecular formula is C5H6F2N4. The van der Waals surface area contributed by atoms with Crippen LogP contribution in [0, 0.1) is 16.7 Å². The van der Waals surface area contributed by atoms with E-state index < -0.39 is 23.5 Å². The predicted molar refractivity (Wildman–Crippen MR) is 34.7 cm³/mol. The Morgan fingerprint density at radius 1 is 1.45 bits per heavy atom. The van der Waals surface area contributed by atoms with Gasteiger partial charge < -0.3 is 11.5 Å². The molecule has 0 saturated heterocycles. The number of nitrogens with two attached hydrogens (primary N) is 2. The van der Waals surface area contributed by atoms with Gasteiger partial charge in [0, 0.05) is 0 Å². The van der Waals surface area contributed by atoms with Crippen molar-refractivity contribution in [3.05, 3.63) is 11.3 Å². The Bertz CT molecular complexity index is 237. The number of alkyl halides is 2. The van der Waals surface area contributed by atoms with Crippen LogP contribution in [0.2, 0.25) is 0 Å². The van der Waals surface area contributed by atoms with Crippen molar-refractivity contribution in [1.82, 2.24) is 0 Å². The third-order valence-corrected chi connectivity index (χ3v) is 0.905. The minimum atomic E-state index is -2.95. The Labute approximate surface area is 61.6 Å². The van der Waals surface area contributed by atoms with E-state index in [1.165, 1.54) is 6.07 Å². The Kier molecular flexibility index (Phi) is 2.99. The summed E-state index contributed by atoms with van der Waals surface area (Å²) in [5, 5.41) is 14.8. The first-order valence-electron chi connectivity index (χ1n) is 2.53. The van der Waals surface area contributed by atoms with Crippen LogP contribution in [-0.4, -0.2) is 12.3 Å². The minimum absolute atomic E-state index is 0.667. The zero-order valence-corrected chi connectivity index (χ0v) is 5.44. The van der Waals surface area contributed by atoms with Gasteiger partial charge in [-0.05, 0) is 0 Å². The normalized spacial score (nSPS) is 12.2. The maximum absolute atomic E-state index is 11.7. The fourth-order valence-corrected chi connectivity index (χ4v) is 0.389. The van der Waals surface area contributed by atoms with E-state index in [9.17, 15) is 8.78 Å². The van der Waals surface area contributed by atoms with Crippen molar-refractivity contribution in [2.24, 2.45) is 11.5 Å². The topological polar surface area (TPSA) is 99.7 Å². The summed E-state index contributed by atoms with van der Waals surface area (Å²) in [5.41, 5.74) is 7.91. The first kappa shape index (κ1) is 9.36. The van der Waals surface area contributed by atoms with Crippen molar-refractivity contribution in [2.45, 2.75) is 6.43 Å². The molecule has 0 radical (unpaired) electrons. The molecular weight excluding hydrogens is 154 g/mol. The molecule has 0 aromatic heterocycles. The second-order valence-electron chi connectivity index (χ2n) is 1.66. The van der Waals surface area contributed by atoms with Gasteiger partial charge in [0.1, 0.15) is 17.5 Å². The van der Waals surface area contributed by atoms with Gasteiger partial charge in [0.2, 0.25) is 0 Å². The molecule has 60 valence electrons. The average molecular weight is 160 g/mol. The van der Waals surface area contributed by atoms with Crippen LogP contribution in [0.5, 0.6) is 0 Å². The Hall–Kier alpha value is -1.64. The second kappa shape index (κ2) is 3.51. The smallest absolute Gasteiger partial charge is 0.279 e. The highest BCUT2D eigenvalue weighted by Crippen LogP contribution is 2.06. The van der Waals surface area contributed by atoms with Crippen LogP contribution in [0.4, 0.5) is 8.78 Å². The Morgan fingerprint density at radius 3 is 2.00 bits per heavy atom. The lowest BCUT2D eigenvalue weighted by Gasteiger charge is -2.00. The van der Waals surface area contributed by atoms with E-state index >= 15 is 0 Å². The summed E-state index contributed by atoms with van der Waals surface area (Å²) in [4.78, 5) is 0. The van der Waals surface area contributed by atoms with Crippen molar-refractivity contribution >= 4 is 5.84 Å². The largest absolute Gasteiger partial charge is 0.396 e. The van der Waals surface area contributed by atoms with Gasteiger partial charge in [-0.25, -0.2) is 8.78 Å². The van der Waals surface area contributed by atoms with Gasteiger partial charge in [0.05, 0.1) is 5.70 Å². The summed E-state index contributed by atoms with van der Waals surface area (Å²) in [6.45, 7) is 0. The van der Waals surface area contributed by atoms with Crippen molar-refractivity contribution in [3.8, 4) is 6.07 Å². The number of allylic oxidation sites excluding steroid dienone is 1. The van der Waals surface area contributed by atoms with E-state index in [0.717, 1.165) is 0 Å². The van der Waals surface area contributed by atoms with Crippen LogP contribution in [0.1, 0.15) is 0 Å². The first-order chi connectivity index (χ1) is 5.00. The monoisotopic (exact) mass is 160 g/mol. The summed E-state index contributed by atoms with van der Waals surface area (Å²) in [5.74, 6) is -0.745. The maximum atomic E-state index is 11.7. The highest BCUT2D eigenvalue weighted by molar-refractivity contribution is 5.98. The van der Waals surface area contributed by atoms with Crippen molar-refractivity contribution in [3.63, 3.8) is 0 Å². The molecule has 0 bridgehead atoms. The molecule has 0 amide bonds. The molecule has 0 spiro atoms. The number of nitriles is 1. The van der Waals surface area contributed by atoms with Crippen LogP contribution in [0.25, 0.3) is 0 Å². The van der Waals surface area contributed by atoms with Crippen molar-refractivity contribution in [2.75, 3.05) is 0 Å². The van der Waals surface area contributed by atoms with Gasteiger partial charge in [-0.2, -0.15) is 5.26 Å². The lowest BCUT2D eigenvalue weighted by atomic mass is 10.2. The molecule has 6 heteroatoms. The molecule has 5 N–H and O–H groups in total. The van der Waals surface area contributed by atoms with Crippen LogP contribution in [0.3, 0.4) is 0 Å². The molecule has 0 aromatic rings. The van der Waals surface area contributed by atoms with E-state index in [-0.39, 0.29) is 0 Å². The first-order valence-corrected chi connectivity index (χ1v) is 2.53. The van der Waals surface area contributed by atoms with Gasteiger partial charge in [-0.3, -0.25) is 5.41 Å². The van der Waals surface area contributed by atoms with Crippen LogP contribution in [-0.2, 0) is 0 Å². The third kappa shape index (κ3) is 2.21. The molecule has 0 aliphatic rings. The van der Waals surface area contributed by atoms with Gasteiger partial charge >= 0.3 is 0 Å². The van der Waals surface area contributed by atoms with E-state index in [0.29, 0.717) is 0 Å². The van der Waals surface area contributed by atoms with Crippen LogP contribution < -0.4 is 11.5 Å². The summed E-state index contributed by atoms with van der Waals surface area (Å²) < 4.78 is 23.5. The quantitative estimate of drug-likeness (QED) is 0.299. The molecule has 11 heavy (non-hydrogen) atoms. The number of amidine groups is 1. The Morgan fingerprint density at radius 2 is 1.91 bits per heavy atom. The number of hydrogen-bond acceptors (Lipinski definition) is 3. The van der Waals surface area contributed by atoms with Gasteiger partial charge in [0.25, 0.3) is 6.43 Å². The second-order valence-corrected chi connectivity index (χ2v) is 1.66. The fraction of sp³-hybridized carbons (Fsp3) is 0.200. The van der Waals surface area contributed by atoms with Crippen molar-refractivity contribution in [1.29, 1.82) is 10.7 Å². The predicted octanol–water partition coefficient (Wildman–Crippen LogP) is -0.0762. The molecule has 0 rings (SSSR count). The zero-order valence-electron chi connectivity index (χ0n) is 5.44. The van der Waals surface area contributed by atoms with E-state index in [1.807, 2.05) is 0 Å². The zero-order chi connectivity index (χ0) is 9.02. The highest BCUT2D eigenvalue weighted by atomic mass is 19.3. The highest BCUT2D eigenvalue weighted by Gasteiger charge is 2.14. The van der Waals surface area contributed by atoms with Gasteiger partial charge in [-0.15, -0.1) is 0 Å². The Balaban J connectivity index is 4.88. The maximum Gasteiger partial charge on any atom is 0.279 e. The molecule has 0 atom stereocenters. The van der Waals surface area contributed by atoms with Crippen LogP contribution in [0.15, 0.2) is 11.3 Å². The minimum Gasteiger partial charge on any atom is -0.396 e. The molecule has 0 aliphatic heterocycles. The standard InChI is InChI=1S/C5H6F2N4/c6-4(7)3(9)2(1-8)5(10)11/h4H,9H2,(H3,10,11)/b3-2-. The fourth-order valence-electron chi connectivity index (χ4n) is 0.389. The molecule has 0 unspecified atom stereocenters. The number of hydrogen-bond donors (Lipinski definition) is 3. The number of nitrogens with one attached hydrogen (secondary N) is 1. The third-order valence-electron chi connectivity index (χ3n) is 0.905. The molecule has 0 aromatic carbocycles.